The van der Waals surface area contributed by atoms with Crippen LogP contribution in [0.4, 0.5) is 14.3 Å². The van der Waals surface area contributed by atoms with Crippen molar-refractivity contribution in [1.82, 2.24) is 15.2 Å². The Kier molecular flexibility index (Phi) is 5.78. The van der Waals surface area contributed by atoms with E-state index in [1.54, 1.807) is 25.3 Å². The average Bonchev–Trinajstić information content (AvgIpc) is 3.37. The van der Waals surface area contributed by atoms with Gasteiger partial charge in [-0.3, -0.25) is 14.5 Å². The van der Waals surface area contributed by atoms with Crippen LogP contribution in [0.1, 0.15) is 22.9 Å². The number of anilines is 1. The van der Waals surface area contributed by atoms with Crippen molar-refractivity contribution in [2.45, 2.75) is 18.9 Å². The van der Waals surface area contributed by atoms with Crippen molar-refractivity contribution in [2.75, 3.05) is 11.9 Å². The molecule has 7 nitrogen and oxygen atoms in total. The molecule has 1 aromatic heterocycles. The second kappa shape index (κ2) is 8.92. The van der Waals surface area contributed by atoms with Crippen molar-refractivity contribution in [3.8, 4) is 0 Å². The third-order valence-electron chi connectivity index (χ3n) is 6.00. The van der Waals surface area contributed by atoms with E-state index in [0.29, 0.717) is 17.1 Å². The first-order valence-electron chi connectivity index (χ1n) is 10.9. The van der Waals surface area contributed by atoms with Crippen LogP contribution in [-0.2, 0) is 21.5 Å². The zero-order valence-corrected chi connectivity index (χ0v) is 19.6. The first-order valence-corrected chi connectivity index (χ1v) is 11.8. The number of nitrogens with one attached hydrogen (secondary N) is 2. The predicted octanol–water partition coefficient (Wildman–Crippen LogP) is 4.43. The Balaban J connectivity index is 1.25. The Morgan fingerprint density at radius 1 is 1.09 bits per heavy atom. The summed E-state index contributed by atoms with van der Waals surface area (Å²) in [5.74, 6) is -1.33. The van der Waals surface area contributed by atoms with Gasteiger partial charge in [0.25, 0.3) is 5.91 Å². The topological polar surface area (TPSA) is 91.4 Å². The fourth-order valence-electron chi connectivity index (χ4n) is 4.09. The summed E-state index contributed by atoms with van der Waals surface area (Å²) in [7, 11) is 0. The fraction of sp³-hybridized carbons (Fsp3) is 0.154. The van der Waals surface area contributed by atoms with Crippen molar-refractivity contribution < 1.29 is 18.8 Å². The van der Waals surface area contributed by atoms with Gasteiger partial charge in [0.05, 0.1) is 0 Å². The summed E-state index contributed by atoms with van der Waals surface area (Å²) >= 11 is 1.28. The van der Waals surface area contributed by atoms with Crippen molar-refractivity contribution in [3.05, 3.63) is 94.7 Å². The number of imide groups is 1. The van der Waals surface area contributed by atoms with Gasteiger partial charge in [0.2, 0.25) is 5.91 Å². The number of fused-ring (bicyclic) bond motifs is 1. The number of benzene rings is 3. The quantitative estimate of drug-likeness (QED) is 0.393. The minimum Gasteiger partial charge on any atom is -0.319 e. The lowest BCUT2D eigenvalue weighted by molar-refractivity contribution is -0.133. The SMILES string of the molecule is CC1(c2ccc3ccccc3c2)NC(=O)N(CC(=O)Nc2ncc(Cc3ccc(F)cc3)s2)C1=O. The number of hydrogen-bond acceptors (Lipinski definition) is 5. The van der Waals surface area contributed by atoms with Gasteiger partial charge in [-0.2, -0.15) is 0 Å². The molecule has 4 amide bonds. The molecule has 1 aliphatic rings. The van der Waals surface area contributed by atoms with Crippen molar-refractivity contribution in [2.24, 2.45) is 0 Å². The number of nitrogens with zero attached hydrogens (tertiary/aromatic N) is 2. The molecular weight excluding hydrogens is 467 g/mol. The molecule has 2 N–H and O–H groups in total. The molecule has 4 aromatic rings. The van der Waals surface area contributed by atoms with Gasteiger partial charge >= 0.3 is 6.03 Å². The maximum absolute atomic E-state index is 13.2. The Hall–Kier alpha value is -4.11. The van der Waals surface area contributed by atoms with E-state index < -0.39 is 29.9 Å². The van der Waals surface area contributed by atoms with E-state index in [1.165, 1.54) is 23.5 Å². The van der Waals surface area contributed by atoms with Crippen LogP contribution in [0.25, 0.3) is 10.8 Å². The van der Waals surface area contributed by atoms with Gasteiger partial charge in [-0.15, -0.1) is 11.3 Å². The number of thiazole rings is 1. The number of amides is 4. The van der Waals surface area contributed by atoms with Gasteiger partial charge in [0.1, 0.15) is 17.9 Å². The van der Waals surface area contributed by atoms with Gasteiger partial charge in [-0.1, -0.05) is 48.5 Å². The third kappa shape index (κ3) is 4.50. The highest BCUT2D eigenvalue weighted by molar-refractivity contribution is 7.15. The van der Waals surface area contributed by atoms with Crippen LogP contribution in [0.15, 0.2) is 72.9 Å². The molecule has 1 atom stereocenters. The zero-order valence-electron chi connectivity index (χ0n) is 18.7. The molecule has 0 radical (unpaired) electrons. The number of halogens is 1. The summed E-state index contributed by atoms with van der Waals surface area (Å²) in [6.07, 6.45) is 2.18. The average molecular weight is 489 g/mol. The molecule has 9 heteroatoms. The largest absolute Gasteiger partial charge is 0.325 e. The van der Waals surface area contributed by atoms with Crippen LogP contribution in [0.5, 0.6) is 0 Å². The zero-order chi connectivity index (χ0) is 24.6. The van der Waals surface area contributed by atoms with Crippen molar-refractivity contribution >= 4 is 45.1 Å². The van der Waals surface area contributed by atoms with Crippen LogP contribution >= 0.6 is 11.3 Å². The van der Waals surface area contributed by atoms with Crippen LogP contribution in [-0.4, -0.2) is 34.3 Å². The molecular formula is C26H21FN4O3S. The van der Waals surface area contributed by atoms with Gasteiger partial charge in [0, 0.05) is 17.5 Å². The van der Waals surface area contributed by atoms with Crippen LogP contribution in [0.2, 0.25) is 0 Å². The third-order valence-corrected chi connectivity index (χ3v) is 6.91. The normalized spacial score (nSPS) is 17.6. The monoisotopic (exact) mass is 488 g/mol. The van der Waals surface area contributed by atoms with Gasteiger partial charge in [-0.25, -0.2) is 14.2 Å². The lowest BCUT2D eigenvalue weighted by Gasteiger charge is -2.22. The Morgan fingerprint density at radius 2 is 1.83 bits per heavy atom. The summed E-state index contributed by atoms with van der Waals surface area (Å²) in [4.78, 5) is 44.5. The van der Waals surface area contributed by atoms with Gasteiger partial charge < -0.3 is 10.6 Å². The Bertz CT molecular complexity index is 1450. The summed E-state index contributed by atoms with van der Waals surface area (Å²) in [6, 6.07) is 18.9. The van der Waals surface area contributed by atoms with E-state index in [1.807, 2.05) is 42.5 Å². The lowest BCUT2D eigenvalue weighted by Crippen LogP contribution is -2.42. The van der Waals surface area contributed by atoms with E-state index in [2.05, 4.69) is 15.6 Å². The minimum absolute atomic E-state index is 0.303. The number of aromatic nitrogens is 1. The molecule has 1 aliphatic heterocycles. The Morgan fingerprint density at radius 3 is 2.60 bits per heavy atom. The highest BCUT2D eigenvalue weighted by Crippen LogP contribution is 2.31. The molecule has 35 heavy (non-hydrogen) atoms. The van der Waals surface area contributed by atoms with Crippen LogP contribution < -0.4 is 10.6 Å². The fourth-order valence-corrected chi connectivity index (χ4v) is 4.95. The summed E-state index contributed by atoms with van der Waals surface area (Å²) in [5, 5.41) is 7.71. The second-order valence-electron chi connectivity index (χ2n) is 8.49. The summed E-state index contributed by atoms with van der Waals surface area (Å²) < 4.78 is 13.1. The molecule has 1 saturated heterocycles. The van der Waals surface area contributed by atoms with E-state index in [-0.39, 0.29) is 5.82 Å². The molecule has 2 heterocycles. The molecule has 1 fully saturated rings. The first-order chi connectivity index (χ1) is 16.8. The van der Waals surface area contributed by atoms with E-state index in [4.69, 9.17) is 0 Å². The first kappa shape index (κ1) is 22.7. The summed E-state index contributed by atoms with van der Waals surface area (Å²) in [6.45, 7) is 1.21. The number of rotatable bonds is 6. The maximum Gasteiger partial charge on any atom is 0.325 e. The highest BCUT2D eigenvalue weighted by atomic mass is 32.1. The molecule has 3 aromatic carbocycles. The van der Waals surface area contributed by atoms with E-state index in [0.717, 1.165) is 26.1 Å². The molecule has 1 unspecified atom stereocenters. The molecule has 0 spiro atoms. The van der Waals surface area contributed by atoms with Gasteiger partial charge in [0.15, 0.2) is 5.13 Å². The minimum atomic E-state index is -1.27. The smallest absolute Gasteiger partial charge is 0.319 e. The molecule has 0 bridgehead atoms. The molecule has 0 aliphatic carbocycles. The standard InChI is InChI=1S/C26H21FN4O3S/c1-26(19-9-8-17-4-2-3-5-18(17)13-19)23(33)31(25(34)30-26)15-22(32)29-24-28-14-21(35-24)12-16-6-10-20(27)11-7-16/h2-11,13-14H,12,15H2,1H3,(H,30,34)(H,28,29,32). The van der Waals surface area contributed by atoms with E-state index >= 15 is 0 Å². The molecule has 5 rings (SSSR count). The second-order valence-corrected chi connectivity index (χ2v) is 9.61. The maximum atomic E-state index is 13.2. The highest BCUT2D eigenvalue weighted by Gasteiger charge is 2.49. The number of carbonyl (C=O) groups is 3. The Labute approximate surface area is 204 Å². The number of carbonyl (C=O) groups excluding carboxylic acids is 3. The molecule has 0 saturated carbocycles. The lowest BCUT2D eigenvalue weighted by atomic mass is 9.90. The van der Waals surface area contributed by atoms with Crippen molar-refractivity contribution in [1.29, 1.82) is 0 Å². The summed E-state index contributed by atoms with van der Waals surface area (Å²) in [5.41, 5.74) is 0.285. The molecule has 176 valence electrons. The number of urea groups is 1. The van der Waals surface area contributed by atoms with Gasteiger partial charge in [-0.05, 0) is 47.0 Å². The van der Waals surface area contributed by atoms with Crippen LogP contribution in [0.3, 0.4) is 0 Å². The van der Waals surface area contributed by atoms with Crippen LogP contribution in [0, 0.1) is 5.82 Å². The number of hydrogen-bond donors (Lipinski definition) is 2. The predicted molar refractivity (Wildman–Crippen MR) is 131 cm³/mol. The van der Waals surface area contributed by atoms with E-state index in [9.17, 15) is 18.8 Å². The van der Waals surface area contributed by atoms with Crippen molar-refractivity contribution in [3.63, 3.8) is 0 Å².